The second-order valence-corrected chi connectivity index (χ2v) is 12.5. The topological polar surface area (TPSA) is 117 Å². The summed E-state index contributed by atoms with van der Waals surface area (Å²) in [5.41, 5.74) is 2.80. The first-order valence-corrected chi connectivity index (χ1v) is 17.9. The highest BCUT2D eigenvalue weighted by atomic mass is 35.5. The second kappa shape index (κ2) is 19.4. The average Bonchev–Trinajstić information content (AvgIpc) is 3.21. The van der Waals surface area contributed by atoms with E-state index in [4.69, 9.17) is 21.1 Å². The van der Waals surface area contributed by atoms with Crippen molar-refractivity contribution in [1.82, 2.24) is 0 Å². The maximum absolute atomic E-state index is 14.7. The smallest absolute Gasteiger partial charge is 0.256 e. The number of anilines is 2. The zero-order valence-electron chi connectivity index (χ0n) is 30.4. The molecule has 0 unspecified atom stereocenters. The predicted molar refractivity (Wildman–Crippen MR) is 212 cm³/mol. The molecule has 6 aromatic carbocycles. The van der Waals surface area contributed by atoms with Crippen molar-refractivity contribution in [3.05, 3.63) is 166 Å². The van der Waals surface area contributed by atoms with Crippen LogP contribution in [0.2, 0.25) is 5.02 Å². The molecule has 0 aliphatic carbocycles. The molecule has 0 heterocycles. The molecule has 2 amide bonds. The summed E-state index contributed by atoms with van der Waals surface area (Å²) in [4.78, 5) is 24.9. The van der Waals surface area contributed by atoms with Crippen molar-refractivity contribution in [2.75, 3.05) is 23.8 Å². The first kappa shape index (κ1) is 41.0. The molecule has 0 atom stereocenters. The zero-order chi connectivity index (χ0) is 40.2. The number of nitrogens with one attached hydrogen (secondary N) is 2. The third-order valence-corrected chi connectivity index (χ3v) is 8.68. The summed E-state index contributed by atoms with van der Waals surface area (Å²) in [6, 6.07) is 32.2. The Balaban J connectivity index is 0.000000214. The summed E-state index contributed by atoms with van der Waals surface area (Å²) in [5.74, 6) is -2.42. The second-order valence-electron chi connectivity index (χ2n) is 12.1. The Bertz CT molecular complexity index is 2130. The van der Waals surface area contributed by atoms with Crippen LogP contribution in [0.5, 0.6) is 11.5 Å². The first-order chi connectivity index (χ1) is 27.1. The molecule has 6 rings (SSSR count). The fraction of sp³-hybridized carbons (Fsp3) is 0.136. The van der Waals surface area contributed by atoms with Gasteiger partial charge in [-0.1, -0.05) is 72.3 Å². The number of hydrogen-bond acceptors (Lipinski definition) is 6. The third-order valence-electron chi connectivity index (χ3n) is 8.38. The van der Waals surface area contributed by atoms with Gasteiger partial charge in [0.05, 0.1) is 37.1 Å². The molecule has 0 aliphatic rings. The van der Waals surface area contributed by atoms with Gasteiger partial charge in [-0.3, -0.25) is 9.59 Å². The number of hydrogen-bond donors (Lipinski definition) is 4. The lowest BCUT2D eigenvalue weighted by Gasteiger charge is -2.13. The van der Waals surface area contributed by atoms with E-state index in [1.165, 1.54) is 12.1 Å². The summed E-state index contributed by atoms with van der Waals surface area (Å²) < 4.78 is 54.7. The molecule has 12 heteroatoms. The Hall–Kier alpha value is -6.14. The molecule has 4 N–H and O–H groups in total. The van der Waals surface area contributed by atoms with E-state index >= 15 is 0 Å². The quantitative estimate of drug-likeness (QED) is 0.0982. The Labute approximate surface area is 327 Å². The van der Waals surface area contributed by atoms with Gasteiger partial charge in [0.2, 0.25) is 0 Å². The van der Waals surface area contributed by atoms with Gasteiger partial charge in [-0.15, -0.1) is 0 Å². The van der Waals surface area contributed by atoms with Crippen LogP contribution < -0.4 is 20.1 Å². The van der Waals surface area contributed by atoms with Gasteiger partial charge in [0.25, 0.3) is 11.8 Å². The maximum Gasteiger partial charge on any atom is 0.256 e. The van der Waals surface area contributed by atoms with Crippen LogP contribution in [0.1, 0.15) is 45.7 Å². The molecule has 0 spiro atoms. The summed E-state index contributed by atoms with van der Waals surface area (Å²) in [6.07, 6.45) is 0. The molecule has 288 valence electrons. The fourth-order valence-electron chi connectivity index (χ4n) is 5.70. The summed E-state index contributed by atoms with van der Waals surface area (Å²) in [7, 11) is 0. The molecular formula is C44H38ClF3N2O6. The Morgan fingerprint density at radius 3 is 1.39 bits per heavy atom. The van der Waals surface area contributed by atoms with Crippen LogP contribution >= 0.6 is 11.6 Å². The van der Waals surface area contributed by atoms with Crippen LogP contribution in [0, 0.1) is 17.5 Å². The highest BCUT2D eigenvalue weighted by molar-refractivity contribution is 6.34. The van der Waals surface area contributed by atoms with E-state index in [2.05, 4.69) is 10.6 Å². The van der Waals surface area contributed by atoms with Crippen molar-refractivity contribution in [1.29, 1.82) is 0 Å². The number of benzene rings is 6. The van der Waals surface area contributed by atoms with Crippen LogP contribution in [0.3, 0.4) is 0 Å². The third kappa shape index (κ3) is 10.1. The molecule has 0 radical (unpaired) electrons. The Morgan fingerprint density at radius 1 is 0.554 bits per heavy atom. The van der Waals surface area contributed by atoms with Crippen LogP contribution in [0.4, 0.5) is 24.5 Å². The normalized spacial score (nSPS) is 10.6. The number of halogens is 4. The molecule has 56 heavy (non-hydrogen) atoms. The van der Waals surface area contributed by atoms with Gasteiger partial charge < -0.3 is 30.3 Å². The minimum absolute atomic E-state index is 0.0756. The number of rotatable bonds is 12. The van der Waals surface area contributed by atoms with Crippen LogP contribution in [0.15, 0.2) is 121 Å². The van der Waals surface area contributed by atoms with Gasteiger partial charge in [-0.25, -0.2) is 13.2 Å². The van der Waals surface area contributed by atoms with Crippen molar-refractivity contribution in [2.45, 2.75) is 27.1 Å². The molecule has 0 fully saturated rings. The minimum atomic E-state index is -0.897. The lowest BCUT2D eigenvalue weighted by Crippen LogP contribution is -2.16. The maximum atomic E-state index is 14.7. The predicted octanol–water partition coefficient (Wildman–Crippen LogP) is 10.1. The van der Waals surface area contributed by atoms with Gasteiger partial charge in [-0.2, -0.15) is 0 Å². The Kier molecular flexibility index (Phi) is 14.2. The fourth-order valence-corrected chi connectivity index (χ4v) is 5.96. The SMILES string of the molecule is CCOc1cccc(-c2cc(F)c(NC(=O)c3ccccc3CO)c(Cl)c2)c1.CCOc1cccc(-c2cc(F)c(NC(=O)c3ccccc3CO)c(F)c2)c1. The van der Waals surface area contributed by atoms with Crippen molar-refractivity contribution in [3.8, 4) is 33.8 Å². The molecular weight excluding hydrogens is 745 g/mol. The minimum Gasteiger partial charge on any atom is -0.494 e. The molecule has 0 aliphatic heterocycles. The number of carbonyl (C=O) groups excluding carboxylic acids is 2. The molecule has 0 saturated carbocycles. The van der Waals surface area contributed by atoms with Crippen molar-refractivity contribution in [2.24, 2.45) is 0 Å². The lowest BCUT2D eigenvalue weighted by atomic mass is 10.0. The summed E-state index contributed by atoms with van der Waals surface area (Å²) in [6.45, 7) is 4.08. The van der Waals surface area contributed by atoms with Crippen molar-refractivity contribution in [3.63, 3.8) is 0 Å². The van der Waals surface area contributed by atoms with E-state index in [0.29, 0.717) is 52.5 Å². The van der Waals surface area contributed by atoms with Gasteiger partial charge in [0, 0.05) is 11.1 Å². The van der Waals surface area contributed by atoms with E-state index in [1.807, 2.05) is 32.0 Å². The molecule has 0 bridgehead atoms. The summed E-state index contributed by atoms with van der Waals surface area (Å²) >= 11 is 6.26. The van der Waals surface area contributed by atoms with Crippen LogP contribution in [-0.2, 0) is 13.2 Å². The molecule has 0 saturated heterocycles. The van der Waals surface area contributed by atoms with Crippen LogP contribution in [-0.4, -0.2) is 35.2 Å². The van der Waals surface area contributed by atoms with Gasteiger partial charge >= 0.3 is 0 Å². The van der Waals surface area contributed by atoms with E-state index < -0.39 is 35.0 Å². The van der Waals surface area contributed by atoms with Crippen LogP contribution in [0.25, 0.3) is 22.3 Å². The number of carbonyl (C=O) groups is 2. The lowest BCUT2D eigenvalue weighted by molar-refractivity contribution is 0.101. The highest BCUT2D eigenvalue weighted by Gasteiger charge is 2.19. The highest BCUT2D eigenvalue weighted by Crippen LogP contribution is 2.34. The summed E-state index contributed by atoms with van der Waals surface area (Å²) in [5, 5.41) is 23.5. The van der Waals surface area contributed by atoms with Gasteiger partial charge in [0.1, 0.15) is 34.6 Å². The van der Waals surface area contributed by atoms with Crippen molar-refractivity contribution >= 4 is 34.8 Å². The standard InChI is InChI=1S/C22H19ClFNO3.C22H19F2NO3/c2*1-2-28-17-8-5-7-14(10-17)16-11-19(23)21(20(24)12-16)25-22(27)18-9-4-3-6-15(18)13-26/h2*3-12,26H,2,13H2,1H3,(H,25,27). The number of amides is 2. The van der Waals surface area contributed by atoms with Gasteiger partial charge in [0.15, 0.2) is 0 Å². The molecule has 0 aromatic heterocycles. The average molecular weight is 783 g/mol. The van der Waals surface area contributed by atoms with Gasteiger partial charge in [-0.05, 0) is 108 Å². The number of aliphatic hydroxyl groups excluding tert-OH is 2. The largest absolute Gasteiger partial charge is 0.494 e. The van der Waals surface area contributed by atoms with E-state index in [1.54, 1.807) is 78.9 Å². The van der Waals surface area contributed by atoms with E-state index in [9.17, 15) is 33.0 Å². The molecule has 6 aromatic rings. The van der Waals surface area contributed by atoms with E-state index in [-0.39, 0.29) is 35.1 Å². The molecule has 8 nitrogen and oxygen atoms in total. The number of ether oxygens (including phenoxy) is 2. The zero-order valence-corrected chi connectivity index (χ0v) is 31.2. The van der Waals surface area contributed by atoms with E-state index in [0.717, 1.165) is 17.7 Å². The number of aliphatic hydroxyl groups is 2. The first-order valence-electron chi connectivity index (χ1n) is 17.5. The van der Waals surface area contributed by atoms with Crippen molar-refractivity contribution < 1.29 is 42.4 Å². The monoisotopic (exact) mass is 782 g/mol. The Morgan fingerprint density at radius 2 is 0.964 bits per heavy atom.